The lowest BCUT2D eigenvalue weighted by molar-refractivity contribution is -0.114. The van der Waals surface area contributed by atoms with Crippen molar-refractivity contribution in [3.8, 4) is 0 Å². The molecule has 0 bridgehead atoms. The van der Waals surface area contributed by atoms with Crippen LogP contribution in [0.2, 0.25) is 0 Å². The fourth-order valence-electron chi connectivity index (χ4n) is 2.71. The molecule has 2 aliphatic rings. The van der Waals surface area contributed by atoms with Crippen LogP contribution in [-0.4, -0.2) is 35.3 Å². The molecule has 3 heterocycles. The molecule has 0 saturated carbocycles. The van der Waals surface area contributed by atoms with Crippen molar-refractivity contribution in [2.75, 3.05) is 5.75 Å². The number of thiazole rings is 1. The summed E-state index contributed by atoms with van der Waals surface area (Å²) in [7, 11) is -3.38. The number of Topliss-reactive ketones (excluding diaryl/α,β-unsaturated/α-hetero) is 1. The van der Waals surface area contributed by atoms with Crippen LogP contribution >= 0.6 is 11.3 Å². The largest absolute Gasteiger partial charge is 0.294 e. The van der Waals surface area contributed by atoms with Crippen LogP contribution in [0.4, 0.5) is 0 Å². The van der Waals surface area contributed by atoms with Gasteiger partial charge in [-0.15, -0.1) is 11.3 Å². The summed E-state index contributed by atoms with van der Waals surface area (Å²) in [5.41, 5.74) is 1.20. The number of aromatic nitrogens is 1. The Morgan fingerprint density at radius 3 is 2.91 bits per heavy atom. The van der Waals surface area contributed by atoms with Crippen LogP contribution in [0.1, 0.15) is 11.4 Å². The molecule has 1 aromatic heterocycles. The second-order valence-electron chi connectivity index (χ2n) is 5.26. The zero-order chi connectivity index (χ0) is 15.3. The van der Waals surface area contributed by atoms with E-state index in [4.69, 9.17) is 0 Å². The molecule has 0 aliphatic carbocycles. The van der Waals surface area contributed by atoms with Crippen LogP contribution in [0, 0.1) is 0 Å². The normalized spacial score (nSPS) is 23.5. The van der Waals surface area contributed by atoms with Crippen molar-refractivity contribution < 1.29 is 13.2 Å². The second kappa shape index (κ2) is 4.76. The number of nitrogens with zero attached hydrogens (tertiary/aromatic N) is 2. The maximum atomic E-state index is 12.4. The lowest BCUT2D eigenvalue weighted by Gasteiger charge is -2.33. The summed E-state index contributed by atoms with van der Waals surface area (Å²) in [4.78, 5) is 16.8. The smallest absolute Gasteiger partial charge is 0.238 e. The Bertz CT molecular complexity index is 908. The molecule has 1 atom stereocenters. The topological polar surface area (TPSA) is 67.3 Å². The maximum Gasteiger partial charge on any atom is 0.238 e. The SMILES string of the molecule is O=C1CC2C=CCS(=O)(=O)N2C=C1c1nc2ccccc2s1. The van der Waals surface area contributed by atoms with Gasteiger partial charge in [0.25, 0.3) is 0 Å². The van der Waals surface area contributed by atoms with Crippen LogP contribution in [0.5, 0.6) is 0 Å². The Kier molecular flexibility index (Phi) is 2.95. The van der Waals surface area contributed by atoms with Crippen LogP contribution in [0.25, 0.3) is 15.8 Å². The van der Waals surface area contributed by atoms with E-state index in [0.29, 0.717) is 10.6 Å². The fourth-order valence-corrected chi connectivity index (χ4v) is 5.05. The Balaban J connectivity index is 1.85. The average molecular weight is 332 g/mol. The number of carbonyl (C=O) groups excluding carboxylic acids is 1. The first-order chi connectivity index (χ1) is 10.5. The highest BCUT2D eigenvalue weighted by Gasteiger charge is 2.36. The van der Waals surface area contributed by atoms with Crippen molar-refractivity contribution >= 4 is 42.9 Å². The Labute approximate surface area is 131 Å². The van der Waals surface area contributed by atoms with Crippen LogP contribution in [0.3, 0.4) is 0 Å². The predicted octanol–water partition coefficient (Wildman–Crippen LogP) is 2.18. The molecule has 5 nitrogen and oxygen atoms in total. The highest BCUT2D eigenvalue weighted by atomic mass is 32.2. The summed E-state index contributed by atoms with van der Waals surface area (Å²) in [5.74, 6) is -0.0940. The number of para-hydroxylation sites is 1. The standard InChI is InChI=1S/C15H12N2O3S2/c18-13-8-10-4-3-7-22(19,20)17(10)9-11(13)15-16-12-5-1-2-6-14(12)21-15/h1-6,9-10H,7-8H2. The van der Waals surface area contributed by atoms with Crippen molar-refractivity contribution in [2.45, 2.75) is 12.5 Å². The van der Waals surface area contributed by atoms with E-state index in [9.17, 15) is 13.2 Å². The molecule has 112 valence electrons. The molecule has 2 aliphatic heterocycles. The summed E-state index contributed by atoms with van der Waals surface area (Å²) in [6.45, 7) is 0. The summed E-state index contributed by atoms with van der Waals surface area (Å²) in [6.07, 6.45) is 5.01. The number of carbonyl (C=O) groups is 1. The van der Waals surface area contributed by atoms with E-state index in [1.807, 2.05) is 24.3 Å². The van der Waals surface area contributed by atoms with Crippen molar-refractivity contribution in [1.29, 1.82) is 0 Å². The molecule has 0 fully saturated rings. The second-order valence-corrected chi connectivity index (χ2v) is 8.21. The summed E-state index contributed by atoms with van der Waals surface area (Å²) in [6, 6.07) is 7.22. The Morgan fingerprint density at radius 1 is 1.27 bits per heavy atom. The molecular formula is C15H12N2O3S2. The van der Waals surface area contributed by atoms with E-state index in [2.05, 4.69) is 4.98 Å². The minimum absolute atomic E-state index is 0.0265. The molecule has 2 aromatic rings. The molecule has 0 radical (unpaired) electrons. The van der Waals surface area contributed by atoms with Gasteiger partial charge in [-0.1, -0.05) is 24.3 Å². The maximum absolute atomic E-state index is 12.4. The number of hydrogen-bond acceptors (Lipinski definition) is 5. The van der Waals surface area contributed by atoms with Crippen LogP contribution < -0.4 is 0 Å². The number of fused-ring (bicyclic) bond motifs is 2. The van der Waals surface area contributed by atoms with Gasteiger partial charge in [0.1, 0.15) is 5.01 Å². The van der Waals surface area contributed by atoms with E-state index >= 15 is 0 Å². The molecule has 0 amide bonds. The monoisotopic (exact) mass is 332 g/mol. The minimum atomic E-state index is -3.38. The first-order valence-corrected chi connectivity index (χ1v) is 9.26. The third kappa shape index (κ3) is 2.08. The zero-order valence-corrected chi connectivity index (χ0v) is 13.1. The molecule has 7 heteroatoms. The average Bonchev–Trinajstić information content (AvgIpc) is 2.89. The number of hydrogen-bond donors (Lipinski definition) is 0. The summed E-state index contributed by atoms with van der Waals surface area (Å²) >= 11 is 1.41. The minimum Gasteiger partial charge on any atom is -0.294 e. The van der Waals surface area contributed by atoms with E-state index in [-0.39, 0.29) is 18.0 Å². The van der Waals surface area contributed by atoms with E-state index in [1.165, 1.54) is 21.8 Å². The first kappa shape index (κ1) is 13.7. The van der Waals surface area contributed by atoms with Gasteiger partial charge in [0.15, 0.2) is 5.78 Å². The van der Waals surface area contributed by atoms with Gasteiger partial charge in [-0.25, -0.2) is 13.4 Å². The Morgan fingerprint density at radius 2 is 2.09 bits per heavy atom. The predicted molar refractivity (Wildman–Crippen MR) is 85.8 cm³/mol. The number of ketones is 1. The van der Waals surface area contributed by atoms with Gasteiger partial charge in [-0.05, 0) is 12.1 Å². The lowest BCUT2D eigenvalue weighted by Crippen LogP contribution is -2.43. The molecule has 1 unspecified atom stereocenters. The van der Waals surface area contributed by atoms with Gasteiger partial charge in [0.05, 0.1) is 27.6 Å². The summed E-state index contributed by atoms with van der Waals surface area (Å²) in [5, 5.41) is 0.578. The summed E-state index contributed by atoms with van der Waals surface area (Å²) < 4.78 is 26.6. The molecule has 1 aromatic carbocycles. The molecular weight excluding hydrogens is 320 g/mol. The highest BCUT2D eigenvalue weighted by Crippen LogP contribution is 2.33. The van der Waals surface area contributed by atoms with Crippen LogP contribution in [0.15, 0.2) is 42.6 Å². The third-order valence-corrected chi connectivity index (χ3v) is 6.49. The van der Waals surface area contributed by atoms with Gasteiger partial charge < -0.3 is 0 Å². The number of allylic oxidation sites excluding steroid dienone is 1. The van der Waals surface area contributed by atoms with Crippen LogP contribution in [-0.2, 0) is 14.8 Å². The molecule has 22 heavy (non-hydrogen) atoms. The molecule has 0 spiro atoms. The van der Waals surface area contributed by atoms with Gasteiger partial charge in [0.2, 0.25) is 10.0 Å². The highest BCUT2D eigenvalue weighted by molar-refractivity contribution is 7.89. The van der Waals surface area contributed by atoms with Crippen molar-refractivity contribution in [3.05, 3.63) is 47.6 Å². The van der Waals surface area contributed by atoms with Gasteiger partial charge in [0, 0.05) is 12.6 Å². The van der Waals surface area contributed by atoms with E-state index < -0.39 is 16.1 Å². The molecule has 0 saturated heterocycles. The van der Waals surface area contributed by atoms with Gasteiger partial charge in [-0.2, -0.15) is 0 Å². The van der Waals surface area contributed by atoms with Crippen molar-refractivity contribution in [2.24, 2.45) is 0 Å². The first-order valence-electron chi connectivity index (χ1n) is 6.83. The van der Waals surface area contributed by atoms with Gasteiger partial charge in [-0.3, -0.25) is 9.10 Å². The molecule has 0 N–H and O–H groups in total. The van der Waals surface area contributed by atoms with Crippen molar-refractivity contribution in [3.63, 3.8) is 0 Å². The zero-order valence-electron chi connectivity index (χ0n) is 11.5. The lowest BCUT2D eigenvalue weighted by atomic mass is 10.0. The molecule has 4 rings (SSSR count). The van der Waals surface area contributed by atoms with E-state index in [1.54, 1.807) is 12.2 Å². The fraction of sp³-hybridized carbons (Fsp3) is 0.200. The van der Waals surface area contributed by atoms with Gasteiger partial charge >= 0.3 is 0 Å². The van der Waals surface area contributed by atoms with E-state index in [0.717, 1.165) is 10.2 Å². The number of sulfonamides is 1. The number of benzene rings is 1. The Hall–Kier alpha value is -1.99. The third-order valence-electron chi connectivity index (χ3n) is 3.79. The van der Waals surface area contributed by atoms with Crippen molar-refractivity contribution in [1.82, 2.24) is 9.29 Å². The quantitative estimate of drug-likeness (QED) is 0.751. The number of rotatable bonds is 1.